The van der Waals surface area contributed by atoms with Gasteiger partial charge in [-0.15, -0.1) is 0 Å². The monoisotopic (exact) mass is 363 g/mol. The smallest absolute Gasteiger partial charge is 0.352 e. The topological polar surface area (TPSA) is 134 Å². The first kappa shape index (κ1) is 17.1. The molecule has 0 bridgehead atoms. The number of carbonyl (C=O) groups excluding carboxylic acids is 1. The Bertz CT molecular complexity index is 787. The maximum atomic E-state index is 12.0. The first-order valence-corrected chi connectivity index (χ1v) is 7.84. The van der Waals surface area contributed by atoms with Crippen molar-refractivity contribution < 1.29 is 20.2 Å². The van der Waals surface area contributed by atoms with Gasteiger partial charge in [-0.2, -0.15) is 0 Å². The number of hydrazine groups is 1. The predicted molar refractivity (Wildman–Crippen MR) is 92.1 cm³/mol. The van der Waals surface area contributed by atoms with Gasteiger partial charge in [-0.05, 0) is 17.7 Å². The second kappa shape index (κ2) is 5.99. The maximum absolute atomic E-state index is 12.0. The van der Waals surface area contributed by atoms with Gasteiger partial charge in [-0.1, -0.05) is 12.2 Å². The summed E-state index contributed by atoms with van der Waals surface area (Å²) < 4.78 is 0. The van der Waals surface area contributed by atoms with E-state index in [1.165, 1.54) is 4.90 Å². The van der Waals surface area contributed by atoms with Crippen LogP contribution in [0.15, 0.2) is 47.8 Å². The molecule has 1 fully saturated rings. The number of carboxylic acid groups (broad SMARTS) is 1. The lowest BCUT2D eigenvalue weighted by Gasteiger charge is -2.49. The molecular formula is C15H17N5O4S. The Hall–Kier alpha value is -2.69. The van der Waals surface area contributed by atoms with Crippen molar-refractivity contribution in [3.63, 3.8) is 0 Å². The van der Waals surface area contributed by atoms with Crippen LogP contribution >= 0.6 is 12.2 Å². The molecule has 1 saturated heterocycles. The van der Waals surface area contributed by atoms with Gasteiger partial charge in [0, 0.05) is 36.4 Å². The van der Waals surface area contributed by atoms with Gasteiger partial charge in [0.15, 0.2) is 0 Å². The fourth-order valence-corrected chi connectivity index (χ4v) is 3.81. The quantitative estimate of drug-likeness (QED) is 0.419. The summed E-state index contributed by atoms with van der Waals surface area (Å²) in [7, 11) is 0. The molecule has 4 aliphatic heterocycles. The minimum absolute atomic E-state index is 0. The number of carboxylic acids is 1. The number of amides is 1. The molecule has 2 atom stereocenters. The zero-order valence-electron chi connectivity index (χ0n) is 13.0. The van der Waals surface area contributed by atoms with Gasteiger partial charge in [-0.25, -0.2) is 9.80 Å². The highest BCUT2D eigenvalue weighted by molar-refractivity contribution is 7.80. The third-order valence-electron chi connectivity index (χ3n) is 4.49. The zero-order chi connectivity index (χ0) is 17.0. The summed E-state index contributed by atoms with van der Waals surface area (Å²) in [6.07, 6.45) is 9.59. The summed E-state index contributed by atoms with van der Waals surface area (Å²) in [6, 6.07) is -1.21. The van der Waals surface area contributed by atoms with E-state index in [1.54, 1.807) is 6.20 Å². The largest absolute Gasteiger partial charge is 0.477 e. The zero-order valence-corrected chi connectivity index (χ0v) is 13.9. The average Bonchev–Trinajstić information content (AvgIpc) is 2.96. The highest BCUT2D eigenvalue weighted by Crippen LogP contribution is 2.36. The predicted octanol–water partition coefficient (Wildman–Crippen LogP) is -1.23. The number of hydrogen-bond acceptors (Lipinski definition) is 7. The van der Waals surface area contributed by atoms with Gasteiger partial charge in [-0.3, -0.25) is 9.69 Å². The molecule has 0 aromatic heterocycles. The Morgan fingerprint density at radius 3 is 2.92 bits per heavy atom. The summed E-state index contributed by atoms with van der Waals surface area (Å²) in [5.41, 5.74) is 9.44. The number of thiocarbonyl (C=S) groups is 1. The van der Waals surface area contributed by atoms with Gasteiger partial charge in [0.2, 0.25) is 5.91 Å². The standard InChI is InChI=1S/C15H15N5O3S.H2O/c16-11-13-9(24)6-8(12(15(22)23)20(13)14(11)21)7-18-4-5-19-10(18)2-1-3-17-19;/h1-5,11,13,17H,6-7,16H2,(H,22,23);1H2/t11-,13+;/m1./s1. The van der Waals surface area contributed by atoms with Crippen LogP contribution in [0, 0.1) is 0 Å². The molecule has 0 aliphatic carbocycles. The van der Waals surface area contributed by atoms with Crippen molar-refractivity contribution in [1.82, 2.24) is 20.2 Å². The van der Waals surface area contributed by atoms with Crippen LogP contribution in [0.2, 0.25) is 0 Å². The summed E-state index contributed by atoms with van der Waals surface area (Å²) in [5.74, 6) is -0.653. The van der Waals surface area contributed by atoms with E-state index in [1.807, 2.05) is 34.5 Å². The first-order valence-electron chi connectivity index (χ1n) is 7.43. The maximum Gasteiger partial charge on any atom is 0.352 e. The third kappa shape index (κ3) is 2.42. The molecule has 0 aromatic rings. The van der Waals surface area contributed by atoms with Gasteiger partial charge in [0.25, 0.3) is 0 Å². The van der Waals surface area contributed by atoms with Crippen LogP contribution in [0.3, 0.4) is 0 Å². The van der Waals surface area contributed by atoms with Crippen LogP contribution in [0.4, 0.5) is 0 Å². The van der Waals surface area contributed by atoms with Gasteiger partial charge < -0.3 is 26.6 Å². The molecule has 4 heterocycles. The summed E-state index contributed by atoms with van der Waals surface area (Å²) in [4.78, 5) is 27.5. The van der Waals surface area contributed by atoms with Crippen LogP contribution in [0.1, 0.15) is 6.42 Å². The lowest BCUT2D eigenvalue weighted by Crippen LogP contribution is -2.72. The summed E-state index contributed by atoms with van der Waals surface area (Å²) in [6.45, 7) is 0.335. The van der Waals surface area contributed by atoms with E-state index in [2.05, 4.69) is 5.43 Å². The number of nitrogens with zero attached hydrogens (tertiary/aromatic N) is 3. The molecule has 1 amide bonds. The average molecular weight is 363 g/mol. The van der Waals surface area contributed by atoms with E-state index in [0.717, 1.165) is 5.82 Å². The van der Waals surface area contributed by atoms with Crippen molar-refractivity contribution in [1.29, 1.82) is 0 Å². The van der Waals surface area contributed by atoms with Crippen molar-refractivity contribution in [3.05, 3.63) is 47.8 Å². The SMILES string of the molecule is N[C@H]1C(=O)N2C(C(=O)O)=C(CN3C=CN4NC=CC=C34)CC(=S)[C@@H]12.O. The van der Waals surface area contributed by atoms with E-state index >= 15 is 0 Å². The Morgan fingerprint density at radius 1 is 1.44 bits per heavy atom. The van der Waals surface area contributed by atoms with Gasteiger partial charge in [0.05, 0.1) is 6.04 Å². The number of nitrogens with one attached hydrogen (secondary N) is 1. The van der Waals surface area contributed by atoms with Crippen molar-refractivity contribution >= 4 is 29.0 Å². The Balaban J connectivity index is 0.00000182. The van der Waals surface area contributed by atoms with Crippen molar-refractivity contribution in [2.75, 3.05) is 6.54 Å². The van der Waals surface area contributed by atoms with E-state index in [-0.39, 0.29) is 11.2 Å². The molecule has 0 aromatic carbocycles. The molecule has 4 aliphatic rings. The van der Waals surface area contributed by atoms with Crippen LogP contribution in [0.25, 0.3) is 0 Å². The lowest BCUT2D eigenvalue weighted by molar-refractivity contribution is -0.149. The molecule has 9 nitrogen and oxygen atoms in total. The highest BCUT2D eigenvalue weighted by Gasteiger charge is 2.53. The second-order valence-corrected chi connectivity index (χ2v) is 6.41. The number of aliphatic carboxylic acids is 1. The van der Waals surface area contributed by atoms with E-state index < -0.39 is 24.0 Å². The number of fused-ring (bicyclic) bond motifs is 2. The fourth-order valence-electron chi connectivity index (χ4n) is 3.38. The summed E-state index contributed by atoms with van der Waals surface area (Å²) >= 11 is 5.37. The molecule has 0 spiro atoms. The molecule has 4 rings (SSSR count). The number of nitrogens with two attached hydrogens (primary N) is 1. The molecule has 6 N–H and O–H groups in total. The normalized spacial score (nSPS) is 26.6. The molecule has 132 valence electrons. The van der Waals surface area contributed by atoms with Crippen molar-refractivity contribution in [2.45, 2.75) is 18.5 Å². The Labute approximate surface area is 148 Å². The number of β-lactam (4-membered cyclic amide) rings is 1. The number of hydrogen-bond donors (Lipinski definition) is 3. The summed E-state index contributed by atoms with van der Waals surface area (Å²) in [5, 5.41) is 11.4. The van der Waals surface area contributed by atoms with Crippen molar-refractivity contribution in [3.8, 4) is 0 Å². The van der Waals surface area contributed by atoms with Crippen LogP contribution in [0.5, 0.6) is 0 Å². The third-order valence-corrected chi connectivity index (χ3v) is 4.88. The molecular weight excluding hydrogens is 346 g/mol. The lowest BCUT2D eigenvalue weighted by atomic mass is 9.83. The number of allylic oxidation sites excluding steroid dienone is 2. The van der Waals surface area contributed by atoms with E-state index in [0.29, 0.717) is 23.4 Å². The Morgan fingerprint density at radius 2 is 2.20 bits per heavy atom. The number of carbonyl (C=O) groups is 2. The van der Waals surface area contributed by atoms with Gasteiger partial charge in [0.1, 0.15) is 17.6 Å². The van der Waals surface area contributed by atoms with Crippen molar-refractivity contribution in [2.24, 2.45) is 5.73 Å². The fraction of sp³-hybridized carbons (Fsp3) is 0.267. The van der Waals surface area contributed by atoms with Gasteiger partial charge >= 0.3 is 5.97 Å². The molecule has 0 saturated carbocycles. The molecule has 25 heavy (non-hydrogen) atoms. The van der Waals surface area contributed by atoms with Crippen LogP contribution in [-0.4, -0.2) is 60.8 Å². The second-order valence-electron chi connectivity index (χ2n) is 5.89. The molecule has 0 unspecified atom stereocenters. The minimum Gasteiger partial charge on any atom is -0.477 e. The molecule has 10 heteroatoms. The van der Waals surface area contributed by atoms with E-state index in [4.69, 9.17) is 18.0 Å². The van der Waals surface area contributed by atoms with E-state index in [9.17, 15) is 14.7 Å². The minimum atomic E-state index is -1.13. The number of rotatable bonds is 3. The Kier molecular flexibility index (Phi) is 4.11. The highest BCUT2D eigenvalue weighted by atomic mass is 32.1. The molecule has 0 radical (unpaired) electrons. The first-order chi connectivity index (χ1) is 11.5. The van der Waals surface area contributed by atoms with Crippen LogP contribution in [-0.2, 0) is 9.59 Å². The van der Waals surface area contributed by atoms with Crippen LogP contribution < -0.4 is 11.2 Å².